The minimum absolute atomic E-state index is 0.194. The van der Waals surface area contributed by atoms with Crippen molar-refractivity contribution in [3.8, 4) is 17.4 Å². The average molecular weight is 345 g/mol. The fourth-order valence-electron chi connectivity index (χ4n) is 2.01. The highest BCUT2D eigenvalue weighted by molar-refractivity contribution is 6.00. The maximum absolute atomic E-state index is 12.2. The van der Waals surface area contributed by atoms with Crippen LogP contribution in [0.3, 0.4) is 0 Å². The predicted molar refractivity (Wildman–Crippen MR) is 89.9 cm³/mol. The number of hydrazine groups is 1. The highest BCUT2D eigenvalue weighted by Crippen LogP contribution is 2.22. The predicted octanol–water partition coefficient (Wildman–Crippen LogP) is 1.57. The summed E-state index contributed by atoms with van der Waals surface area (Å²) in [5.41, 5.74) is 5.15. The monoisotopic (exact) mass is 345 g/mol. The summed E-state index contributed by atoms with van der Waals surface area (Å²) in [4.78, 5) is 28.5. The van der Waals surface area contributed by atoms with E-state index in [-0.39, 0.29) is 17.0 Å². The van der Waals surface area contributed by atoms with Crippen molar-refractivity contribution in [1.29, 1.82) is 0 Å². The SMILES string of the molecule is CCOc1ncccc1C(=O)NNC(=O)c1cc(OC)cc(OC)c1. The summed E-state index contributed by atoms with van der Waals surface area (Å²) in [5, 5.41) is 0. The van der Waals surface area contributed by atoms with Gasteiger partial charge >= 0.3 is 0 Å². The third-order valence-corrected chi connectivity index (χ3v) is 3.20. The van der Waals surface area contributed by atoms with E-state index in [4.69, 9.17) is 14.2 Å². The van der Waals surface area contributed by atoms with Gasteiger partial charge in [0.2, 0.25) is 5.88 Å². The topological polar surface area (TPSA) is 98.8 Å². The lowest BCUT2D eigenvalue weighted by Gasteiger charge is -2.11. The number of rotatable bonds is 6. The van der Waals surface area contributed by atoms with E-state index in [1.54, 1.807) is 25.1 Å². The zero-order chi connectivity index (χ0) is 18.2. The van der Waals surface area contributed by atoms with E-state index in [0.29, 0.717) is 18.1 Å². The molecule has 8 heteroatoms. The number of ether oxygens (including phenoxy) is 3. The van der Waals surface area contributed by atoms with Gasteiger partial charge in [-0.1, -0.05) is 0 Å². The number of carbonyl (C=O) groups excluding carboxylic acids is 2. The van der Waals surface area contributed by atoms with Gasteiger partial charge in [-0.3, -0.25) is 20.4 Å². The number of aromatic nitrogens is 1. The van der Waals surface area contributed by atoms with Crippen LogP contribution in [0.15, 0.2) is 36.5 Å². The Morgan fingerprint density at radius 2 is 1.68 bits per heavy atom. The molecule has 0 radical (unpaired) electrons. The molecule has 25 heavy (non-hydrogen) atoms. The van der Waals surface area contributed by atoms with E-state index in [2.05, 4.69) is 15.8 Å². The molecule has 0 saturated heterocycles. The van der Waals surface area contributed by atoms with Gasteiger partial charge in [-0.2, -0.15) is 0 Å². The van der Waals surface area contributed by atoms with Crippen molar-refractivity contribution in [2.45, 2.75) is 6.92 Å². The Hall–Kier alpha value is -3.29. The Morgan fingerprint density at radius 3 is 2.28 bits per heavy atom. The molecule has 0 atom stereocenters. The molecule has 1 heterocycles. The van der Waals surface area contributed by atoms with Gasteiger partial charge in [-0.25, -0.2) is 4.98 Å². The molecule has 1 aromatic heterocycles. The van der Waals surface area contributed by atoms with Crippen LogP contribution in [0.25, 0.3) is 0 Å². The van der Waals surface area contributed by atoms with Crippen molar-refractivity contribution in [1.82, 2.24) is 15.8 Å². The molecule has 1 aromatic carbocycles. The van der Waals surface area contributed by atoms with Crippen LogP contribution in [0.5, 0.6) is 17.4 Å². The van der Waals surface area contributed by atoms with Gasteiger partial charge < -0.3 is 14.2 Å². The molecule has 2 rings (SSSR count). The molecule has 8 nitrogen and oxygen atoms in total. The Bertz CT molecular complexity index is 741. The summed E-state index contributed by atoms with van der Waals surface area (Å²) < 4.78 is 15.5. The van der Waals surface area contributed by atoms with Crippen molar-refractivity contribution in [3.63, 3.8) is 0 Å². The van der Waals surface area contributed by atoms with E-state index >= 15 is 0 Å². The van der Waals surface area contributed by atoms with Gasteiger partial charge in [0.25, 0.3) is 11.8 Å². The number of methoxy groups -OCH3 is 2. The van der Waals surface area contributed by atoms with Crippen molar-refractivity contribution >= 4 is 11.8 Å². The Kier molecular flexibility index (Phi) is 6.16. The molecule has 2 amide bonds. The largest absolute Gasteiger partial charge is 0.497 e. The average Bonchev–Trinajstić information content (AvgIpc) is 2.66. The first-order valence-corrected chi connectivity index (χ1v) is 7.50. The lowest BCUT2D eigenvalue weighted by Crippen LogP contribution is -2.41. The van der Waals surface area contributed by atoms with Crippen LogP contribution in [-0.2, 0) is 0 Å². The van der Waals surface area contributed by atoms with Gasteiger partial charge in [-0.05, 0) is 31.2 Å². The smallest absolute Gasteiger partial charge is 0.275 e. The van der Waals surface area contributed by atoms with Gasteiger partial charge in [-0.15, -0.1) is 0 Å². The van der Waals surface area contributed by atoms with Gasteiger partial charge in [0, 0.05) is 17.8 Å². The molecule has 0 aliphatic carbocycles. The summed E-state index contributed by atoms with van der Waals surface area (Å²) in [7, 11) is 2.96. The summed E-state index contributed by atoms with van der Waals surface area (Å²) in [6, 6.07) is 7.85. The highest BCUT2D eigenvalue weighted by atomic mass is 16.5. The van der Waals surface area contributed by atoms with Crippen molar-refractivity contribution in [2.75, 3.05) is 20.8 Å². The first-order valence-electron chi connectivity index (χ1n) is 7.50. The standard InChI is InChI=1S/C17H19N3O5/c1-4-25-17-14(6-5-7-18-17)16(22)20-19-15(21)11-8-12(23-2)10-13(9-11)24-3/h5-10H,4H2,1-3H3,(H,19,21)(H,20,22). The summed E-state index contributed by atoms with van der Waals surface area (Å²) >= 11 is 0. The Morgan fingerprint density at radius 1 is 1.04 bits per heavy atom. The number of hydrogen-bond acceptors (Lipinski definition) is 6. The number of pyridine rings is 1. The minimum Gasteiger partial charge on any atom is -0.497 e. The molecule has 0 aliphatic rings. The molecule has 132 valence electrons. The number of benzene rings is 1. The molecule has 0 aliphatic heterocycles. The molecule has 0 fully saturated rings. The second-order valence-corrected chi connectivity index (χ2v) is 4.80. The van der Waals surface area contributed by atoms with Crippen molar-refractivity contribution in [2.24, 2.45) is 0 Å². The fraction of sp³-hybridized carbons (Fsp3) is 0.235. The van der Waals surface area contributed by atoms with E-state index in [1.165, 1.54) is 32.5 Å². The van der Waals surface area contributed by atoms with E-state index in [0.717, 1.165) is 0 Å². The second-order valence-electron chi connectivity index (χ2n) is 4.80. The minimum atomic E-state index is -0.542. The maximum atomic E-state index is 12.2. The van der Waals surface area contributed by atoms with E-state index in [1.807, 2.05) is 0 Å². The number of nitrogens with zero attached hydrogens (tertiary/aromatic N) is 1. The molecule has 0 spiro atoms. The van der Waals surface area contributed by atoms with Crippen LogP contribution in [0.1, 0.15) is 27.6 Å². The quantitative estimate of drug-likeness (QED) is 0.771. The third-order valence-electron chi connectivity index (χ3n) is 3.20. The lowest BCUT2D eigenvalue weighted by molar-refractivity contribution is 0.0843. The summed E-state index contributed by atoms with van der Waals surface area (Å²) in [6.45, 7) is 2.15. The zero-order valence-electron chi connectivity index (χ0n) is 14.2. The van der Waals surface area contributed by atoms with Gasteiger partial charge in [0.05, 0.1) is 20.8 Å². The highest BCUT2D eigenvalue weighted by Gasteiger charge is 2.15. The molecular weight excluding hydrogens is 326 g/mol. The molecule has 0 bridgehead atoms. The summed E-state index contributed by atoms with van der Waals surface area (Å²) in [5.74, 6) is 0.0513. The normalized spacial score (nSPS) is 9.88. The maximum Gasteiger partial charge on any atom is 0.275 e. The van der Waals surface area contributed by atoms with Crippen LogP contribution in [0, 0.1) is 0 Å². The number of carbonyl (C=O) groups is 2. The van der Waals surface area contributed by atoms with Crippen LogP contribution in [0.4, 0.5) is 0 Å². The number of amides is 2. The van der Waals surface area contributed by atoms with Crippen molar-refractivity contribution in [3.05, 3.63) is 47.7 Å². The first kappa shape index (κ1) is 18.1. The van der Waals surface area contributed by atoms with Crippen LogP contribution in [0.2, 0.25) is 0 Å². The Labute approximate surface area is 145 Å². The number of hydrogen-bond donors (Lipinski definition) is 2. The fourth-order valence-corrected chi connectivity index (χ4v) is 2.01. The van der Waals surface area contributed by atoms with Crippen LogP contribution >= 0.6 is 0 Å². The molecular formula is C17H19N3O5. The van der Waals surface area contributed by atoms with E-state index in [9.17, 15) is 9.59 Å². The Balaban J connectivity index is 2.08. The third kappa shape index (κ3) is 4.60. The number of nitrogens with one attached hydrogen (secondary N) is 2. The summed E-state index contributed by atoms with van der Waals surface area (Å²) in [6.07, 6.45) is 1.52. The van der Waals surface area contributed by atoms with Crippen molar-refractivity contribution < 1.29 is 23.8 Å². The van der Waals surface area contributed by atoms with Crippen LogP contribution in [-0.4, -0.2) is 37.6 Å². The van der Waals surface area contributed by atoms with E-state index < -0.39 is 11.8 Å². The zero-order valence-corrected chi connectivity index (χ0v) is 14.2. The molecule has 2 aromatic rings. The second kappa shape index (κ2) is 8.53. The van der Waals surface area contributed by atoms with Gasteiger partial charge in [0.15, 0.2) is 0 Å². The first-order chi connectivity index (χ1) is 12.1. The molecule has 0 unspecified atom stereocenters. The van der Waals surface area contributed by atoms with Crippen LogP contribution < -0.4 is 25.1 Å². The lowest BCUT2D eigenvalue weighted by atomic mass is 10.2. The molecule has 2 N–H and O–H groups in total. The van der Waals surface area contributed by atoms with Gasteiger partial charge in [0.1, 0.15) is 17.1 Å². The molecule has 0 saturated carbocycles.